The summed E-state index contributed by atoms with van der Waals surface area (Å²) in [6.07, 6.45) is 8.74. The van der Waals surface area contributed by atoms with E-state index in [0.717, 1.165) is 32.6 Å². The smallest absolute Gasteiger partial charge is 0.257 e. The molecule has 1 aromatic carbocycles. The molecule has 0 N–H and O–H groups in total. The van der Waals surface area contributed by atoms with Crippen LogP contribution in [0, 0.1) is 0 Å². The maximum absolute atomic E-state index is 12.7. The van der Waals surface area contributed by atoms with Crippen LogP contribution in [0.5, 0.6) is 0 Å². The molecule has 1 aliphatic heterocycles. The Morgan fingerprint density at radius 2 is 1.77 bits per heavy atom. The van der Waals surface area contributed by atoms with Crippen molar-refractivity contribution in [3.8, 4) is 0 Å². The average molecular weight is 369 g/mol. The highest BCUT2D eigenvalue weighted by atomic mass is 32.2. The van der Waals surface area contributed by atoms with Gasteiger partial charge in [0.15, 0.2) is 5.16 Å². The molecule has 1 aliphatic carbocycles. The summed E-state index contributed by atoms with van der Waals surface area (Å²) in [6.45, 7) is 3.45. The lowest BCUT2D eigenvalue weighted by Crippen LogP contribution is -2.53. The Morgan fingerprint density at radius 3 is 2.46 bits per heavy atom. The topological polar surface area (TPSA) is 49.3 Å². The first kappa shape index (κ1) is 17.5. The third-order valence-corrected chi connectivity index (χ3v) is 6.07. The number of piperazine rings is 1. The highest BCUT2D eigenvalue weighted by Crippen LogP contribution is 2.25. The van der Waals surface area contributed by atoms with Gasteiger partial charge in [-0.05, 0) is 36.6 Å². The minimum absolute atomic E-state index is 0.0475. The van der Waals surface area contributed by atoms with Crippen molar-refractivity contribution in [3.05, 3.63) is 53.3 Å². The summed E-state index contributed by atoms with van der Waals surface area (Å²) in [4.78, 5) is 25.6. The number of carbonyl (C=O) groups is 1. The van der Waals surface area contributed by atoms with Crippen molar-refractivity contribution in [2.45, 2.75) is 30.5 Å². The molecular weight excluding hydrogens is 344 g/mol. The van der Waals surface area contributed by atoms with Gasteiger partial charge in [0, 0.05) is 44.6 Å². The van der Waals surface area contributed by atoms with Crippen molar-refractivity contribution in [2.75, 3.05) is 32.4 Å². The number of nitrogens with zero attached hydrogens (tertiary/aromatic N) is 4. The summed E-state index contributed by atoms with van der Waals surface area (Å²) in [7, 11) is 0. The molecule has 0 unspecified atom stereocenters. The predicted octanol–water partition coefficient (Wildman–Crippen LogP) is 2.51. The van der Waals surface area contributed by atoms with Gasteiger partial charge < -0.3 is 4.90 Å². The molecule has 0 saturated carbocycles. The minimum atomic E-state index is 0.0475. The third kappa shape index (κ3) is 3.62. The second kappa shape index (κ2) is 7.76. The number of benzene rings is 1. The van der Waals surface area contributed by atoms with E-state index in [0.29, 0.717) is 16.8 Å². The van der Waals surface area contributed by atoms with E-state index in [2.05, 4.69) is 39.1 Å². The second-order valence-electron chi connectivity index (χ2n) is 6.95. The van der Waals surface area contributed by atoms with Gasteiger partial charge in [0.05, 0.1) is 5.56 Å². The Labute approximate surface area is 158 Å². The molecule has 0 radical (unpaired) electrons. The van der Waals surface area contributed by atoms with Crippen LogP contribution in [0.1, 0.15) is 27.9 Å². The monoisotopic (exact) mass is 368 g/mol. The standard InChI is InChI=1S/C20H24N4OS/c1-26-20-21-13-17(14-22-20)19(25)24-10-8-23(9-11-24)18-7-6-15-4-2-3-5-16(15)12-18/h2-5,13-14,18H,6-12H2,1H3/t18-/m0/s1. The number of aromatic nitrogens is 2. The maximum Gasteiger partial charge on any atom is 0.257 e. The molecular formula is C20H24N4OS. The van der Waals surface area contributed by atoms with E-state index in [1.807, 2.05) is 11.2 Å². The lowest BCUT2D eigenvalue weighted by molar-refractivity contribution is 0.0552. The van der Waals surface area contributed by atoms with E-state index in [1.54, 1.807) is 12.4 Å². The zero-order valence-corrected chi connectivity index (χ0v) is 15.9. The van der Waals surface area contributed by atoms with Gasteiger partial charge in [0.1, 0.15) is 0 Å². The Hall–Kier alpha value is -1.92. The van der Waals surface area contributed by atoms with Crippen LogP contribution in [-0.2, 0) is 12.8 Å². The van der Waals surface area contributed by atoms with E-state index < -0.39 is 0 Å². The van der Waals surface area contributed by atoms with E-state index >= 15 is 0 Å². The molecule has 5 nitrogen and oxygen atoms in total. The van der Waals surface area contributed by atoms with Crippen LogP contribution >= 0.6 is 11.8 Å². The quantitative estimate of drug-likeness (QED) is 0.615. The molecule has 2 aromatic rings. The fourth-order valence-corrected chi connectivity index (χ4v) is 4.31. The third-order valence-electron chi connectivity index (χ3n) is 5.50. The molecule has 26 heavy (non-hydrogen) atoms. The lowest BCUT2D eigenvalue weighted by Gasteiger charge is -2.41. The van der Waals surface area contributed by atoms with Crippen LogP contribution in [0.3, 0.4) is 0 Å². The first-order valence-corrected chi connectivity index (χ1v) is 10.4. The fraction of sp³-hybridized carbons (Fsp3) is 0.450. The zero-order valence-electron chi connectivity index (χ0n) is 15.1. The molecule has 6 heteroatoms. The van der Waals surface area contributed by atoms with Crippen LogP contribution in [0.4, 0.5) is 0 Å². The highest BCUT2D eigenvalue weighted by Gasteiger charge is 2.29. The predicted molar refractivity (Wildman–Crippen MR) is 104 cm³/mol. The van der Waals surface area contributed by atoms with E-state index in [4.69, 9.17) is 0 Å². The molecule has 1 saturated heterocycles. The summed E-state index contributed by atoms with van der Waals surface area (Å²) in [5, 5.41) is 0.698. The van der Waals surface area contributed by atoms with E-state index in [9.17, 15) is 4.79 Å². The molecule has 4 rings (SSSR count). The van der Waals surface area contributed by atoms with Gasteiger partial charge in [-0.3, -0.25) is 9.69 Å². The van der Waals surface area contributed by atoms with Crippen LogP contribution in [0.25, 0.3) is 0 Å². The number of rotatable bonds is 3. The van der Waals surface area contributed by atoms with Gasteiger partial charge in [-0.1, -0.05) is 36.0 Å². The summed E-state index contributed by atoms with van der Waals surface area (Å²) >= 11 is 1.48. The molecule has 136 valence electrons. The highest BCUT2D eigenvalue weighted by molar-refractivity contribution is 7.98. The number of carbonyl (C=O) groups excluding carboxylic acids is 1. The lowest BCUT2D eigenvalue weighted by atomic mass is 9.87. The number of amides is 1. The first-order valence-electron chi connectivity index (χ1n) is 9.21. The van der Waals surface area contributed by atoms with Crippen LogP contribution in [0.15, 0.2) is 41.8 Å². The maximum atomic E-state index is 12.7. The number of hydrogen-bond acceptors (Lipinski definition) is 5. The Balaban J connectivity index is 1.34. The van der Waals surface area contributed by atoms with Gasteiger partial charge in [0.2, 0.25) is 0 Å². The van der Waals surface area contributed by atoms with Gasteiger partial charge in [0.25, 0.3) is 5.91 Å². The molecule has 1 atom stereocenters. The molecule has 0 spiro atoms. The fourth-order valence-electron chi connectivity index (χ4n) is 3.99. The Bertz CT molecular complexity index is 772. The van der Waals surface area contributed by atoms with E-state index in [-0.39, 0.29) is 5.91 Å². The average Bonchev–Trinajstić information content (AvgIpc) is 2.73. The van der Waals surface area contributed by atoms with E-state index in [1.165, 1.54) is 35.7 Å². The zero-order chi connectivity index (χ0) is 17.9. The van der Waals surface area contributed by atoms with Crippen molar-refractivity contribution in [2.24, 2.45) is 0 Å². The van der Waals surface area contributed by atoms with Crippen LogP contribution < -0.4 is 0 Å². The summed E-state index contributed by atoms with van der Waals surface area (Å²) in [5.41, 5.74) is 3.59. The van der Waals surface area contributed by atoms with Gasteiger partial charge >= 0.3 is 0 Å². The number of fused-ring (bicyclic) bond motifs is 1. The van der Waals surface area contributed by atoms with Gasteiger partial charge in [-0.2, -0.15) is 0 Å². The number of thioether (sulfide) groups is 1. The van der Waals surface area contributed by atoms with Crippen molar-refractivity contribution in [1.29, 1.82) is 0 Å². The summed E-state index contributed by atoms with van der Waals surface area (Å²) < 4.78 is 0. The van der Waals surface area contributed by atoms with Crippen molar-refractivity contribution >= 4 is 17.7 Å². The molecule has 2 heterocycles. The Morgan fingerprint density at radius 1 is 1.08 bits per heavy atom. The molecule has 0 bridgehead atoms. The molecule has 2 aliphatic rings. The molecule has 1 fully saturated rings. The van der Waals surface area contributed by atoms with Gasteiger partial charge in [-0.25, -0.2) is 9.97 Å². The molecule has 1 amide bonds. The van der Waals surface area contributed by atoms with Gasteiger partial charge in [-0.15, -0.1) is 0 Å². The van der Waals surface area contributed by atoms with Crippen LogP contribution in [-0.4, -0.2) is 64.2 Å². The van der Waals surface area contributed by atoms with Crippen LogP contribution in [0.2, 0.25) is 0 Å². The first-order chi connectivity index (χ1) is 12.7. The summed E-state index contributed by atoms with van der Waals surface area (Å²) in [5.74, 6) is 0.0475. The summed E-state index contributed by atoms with van der Waals surface area (Å²) in [6, 6.07) is 9.40. The number of aryl methyl sites for hydroxylation is 1. The second-order valence-corrected chi connectivity index (χ2v) is 7.73. The number of hydrogen-bond donors (Lipinski definition) is 0. The van der Waals surface area contributed by atoms with Crippen molar-refractivity contribution < 1.29 is 4.79 Å². The normalized spacial score (nSPS) is 20.7. The van der Waals surface area contributed by atoms with Crippen molar-refractivity contribution in [3.63, 3.8) is 0 Å². The Kier molecular flexibility index (Phi) is 5.22. The SMILES string of the molecule is CSc1ncc(C(=O)N2CCN([C@H]3CCc4ccccc4C3)CC2)cn1. The largest absolute Gasteiger partial charge is 0.336 e. The molecule has 1 aromatic heterocycles. The minimum Gasteiger partial charge on any atom is -0.336 e. The van der Waals surface area contributed by atoms with Crippen molar-refractivity contribution in [1.82, 2.24) is 19.8 Å².